The highest BCUT2D eigenvalue weighted by Crippen LogP contribution is 2.19. The second-order valence-electron chi connectivity index (χ2n) is 6.87. The number of amides is 2. The highest BCUT2D eigenvalue weighted by Gasteiger charge is 2.26. The third-order valence-corrected chi connectivity index (χ3v) is 3.27. The van der Waals surface area contributed by atoms with Crippen molar-refractivity contribution >= 4 is 12.0 Å². The Morgan fingerprint density at radius 1 is 1.10 bits per heavy atom. The molecular formula is C15H28N2O3. The van der Waals surface area contributed by atoms with Crippen LogP contribution in [0.1, 0.15) is 60.3 Å². The molecule has 2 amide bonds. The van der Waals surface area contributed by atoms with Crippen LogP contribution in [-0.2, 0) is 9.53 Å². The van der Waals surface area contributed by atoms with Crippen LogP contribution < -0.4 is 10.6 Å². The van der Waals surface area contributed by atoms with Crippen LogP contribution in [-0.4, -0.2) is 29.7 Å². The predicted molar refractivity (Wildman–Crippen MR) is 78.4 cm³/mol. The van der Waals surface area contributed by atoms with Gasteiger partial charge in [-0.2, -0.15) is 0 Å². The summed E-state index contributed by atoms with van der Waals surface area (Å²) in [5.74, 6) is 0.0714. The molecule has 0 radical (unpaired) electrons. The first-order valence-electron chi connectivity index (χ1n) is 7.47. The first kappa shape index (κ1) is 16.8. The van der Waals surface area contributed by atoms with Crippen molar-refractivity contribution in [1.29, 1.82) is 0 Å². The smallest absolute Gasteiger partial charge is 0.407 e. The number of carbonyl (C=O) groups excluding carboxylic acids is 2. The molecule has 5 nitrogen and oxygen atoms in total. The van der Waals surface area contributed by atoms with Crippen molar-refractivity contribution in [3.8, 4) is 0 Å². The van der Waals surface area contributed by atoms with Gasteiger partial charge in [0.2, 0.25) is 5.91 Å². The highest BCUT2D eigenvalue weighted by atomic mass is 16.6. The molecule has 5 heteroatoms. The summed E-state index contributed by atoms with van der Waals surface area (Å²) in [7, 11) is 0. The molecule has 2 N–H and O–H groups in total. The molecular weight excluding hydrogens is 256 g/mol. The minimum absolute atomic E-state index is 0.00538. The van der Waals surface area contributed by atoms with Gasteiger partial charge in [-0.1, -0.05) is 13.8 Å². The molecule has 1 rings (SSSR count). The molecule has 0 heterocycles. The second-order valence-corrected chi connectivity index (χ2v) is 6.87. The molecule has 0 aromatic carbocycles. The predicted octanol–water partition coefficient (Wildman–Crippen LogP) is 2.59. The van der Waals surface area contributed by atoms with Gasteiger partial charge in [0.05, 0.1) is 0 Å². The number of rotatable bonds is 3. The SMILES string of the molecule is CC(C)C(=O)N[C@@H]1CCC[C@@H](NC(=O)OC(C)(C)C)C1. The topological polar surface area (TPSA) is 67.4 Å². The van der Waals surface area contributed by atoms with Crippen LogP contribution in [0, 0.1) is 5.92 Å². The Kier molecular flexibility index (Phi) is 5.84. The van der Waals surface area contributed by atoms with E-state index in [0.717, 1.165) is 25.7 Å². The summed E-state index contributed by atoms with van der Waals surface area (Å²) in [5.41, 5.74) is -0.482. The quantitative estimate of drug-likeness (QED) is 0.837. The Hall–Kier alpha value is -1.26. The summed E-state index contributed by atoms with van der Waals surface area (Å²) in [6.07, 6.45) is 3.32. The maximum Gasteiger partial charge on any atom is 0.407 e. The van der Waals surface area contributed by atoms with Gasteiger partial charge in [-0.05, 0) is 46.5 Å². The van der Waals surface area contributed by atoms with Crippen molar-refractivity contribution in [2.45, 2.75) is 78.0 Å². The Balaban J connectivity index is 2.41. The van der Waals surface area contributed by atoms with Crippen molar-refractivity contribution in [3.63, 3.8) is 0 Å². The van der Waals surface area contributed by atoms with Crippen LogP contribution in [0.25, 0.3) is 0 Å². The van der Waals surface area contributed by atoms with Crippen molar-refractivity contribution in [1.82, 2.24) is 10.6 Å². The van der Waals surface area contributed by atoms with E-state index in [1.165, 1.54) is 0 Å². The monoisotopic (exact) mass is 284 g/mol. The van der Waals surface area contributed by atoms with E-state index in [1.807, 2.05) is 34.6 Å². The Morgan fingerprint density at radius 2 is 1.65 bits per heavy atom. The van der Waals surface area contributed by atoms with E-state index in [4.69, 9.17) is 4.74 Å². The maximum absolute atomic E-state index is 11.7. The van der Waals surface area contributed by atoms with Gasteiger partial charge in [0.15, 0.2) is 0 Å². The fraction of sp³-hybridized carbons (Fsp3) is 0.867. The van der Waals surface area contributed by atoms with Gasteiger partial charge >= 0.3 is 6.09 Å². The Bertz CT molecular complexity index is 348. The van der Waals surface area contributed by atoms with E-state index in [1.54, 1.807) is 0 Å². The molecule has 0 aliphatic heterocycles. The van der Waals surface area contributed by atoms with Gasteiger partial charge < -0.3 is 15.4 Å². The fourth-order valence-corrected chi connectivity index (χ4v) is 2.29. The normalized spacial score (nSPS) is 23.3. The minimum Gasteiger partial charge on any atom is -0.444 e. The summed E-state index contributed by atoms with van der Waals surface area (Å²) in [6.45, 7) is 9.31. The first-order valence-corrected chi connectivity index (χ1v) is 7.47. The zero-order valence-corrected chi connectivity index (χ0v) is 13.3. The van der Waals surface area contributed by atoms with Crippen LogP contribution in [0.15, 0.2) is 0 Å². The van der Waals surface area contributed by atoms with Gasteiger partial charge in [-0.25, -0.2) is 4.79 Å². The minimum atomic E-state index is -0.482. The molecule has 1 saturated carbocycles. The van der Waals surface area contributed by atoms with Crippen LogP contribution in [0.5, 0.6) is 0 Å². The largest absolute Gasteiger partial charge is 0.444 e. The number of ether oxygens (including phenoxy) is 1. The molecule has 2 atom stereocenters. The second kappa shape index (κ2) is 6.95. The third kappa shape index (κ3) is 6.26. The zero-order chi connectivity index (χ0) is 15.3. The van der Waals surface area contributed by atoms with E-state index in [0.29, 0.717) is 0 Å². The molecule has 0 unspecified atom stereocenters. The molecule has 0 spiro atoms. The first-order chi connectivity index (χ1) is 9.17. The molecule has 1 aliphatic carbocycles. The average molecular weight is 284 g/mol. The van der Waals surface area contributed by atoms with Crippen LogP contribution in [0.3, 0.4) is 0 Å². The van der Waals surface area contributed by atoms with E-state index in [9.17, 15) is 9.59 Å². The number of nitrogens with one attached hydrogen (secondary N) is 2. The zero-order valence-electron chi connectivity index (χ0n) is 13.3. The summed E-state index contributed by atoms with van der Waals surface area (Å²) >= 11 is 0. The molecule has 20 heavy (non-hydrogen) atoms. The van der Waals surface area contributed by atoms with Gasteiger partial charge in [0.25, 0.3) is 0 Å². The average Bonchev–Trinajstić information content (AvgIpc) is 2.26. The van der Waals surface area contributed by atoms with Gasteiger partial charge in [0, 0.05) is 18.0 Å². The molecule has 1 fully saturated rings. The van der Waals surface area contributed by atoms with Crippen molar-refractivity contribution in [3.05, 3.63) is 0 Å². The van der Waals surface area contributed by atoms with Crippen molar-refractivity contribution in [2.75, 3.05) is 0 Å². The fourth-order valence-electron chi connectivity index (χ4n) is 2.29. The van der Waals surface area contributed by atoms with Gasteiger partial charge in [0.1, 0.15) is 5.60 Å². The summed E-state index contributed by atoms with van der Waals surface area (Å²) in [5, 5.41) is 5.93. The van der Waals surface area contributed by atoms with Crippen molar-refractivity contribution in [2.24, 2.45) is 5.92 Å². The van der Waals surface area contributed by atoms with Crippen LogP contribution in [0.4, 0.5) is 4.79 Å². The molecule has 0 aromatic heterocycles. The van der Waals surface area contributed by atoms with Crippen molar-refractivity contribution < 1.29 is 14.3 Å². The maximum atomic E-state index is 11.7. The third-order valence-electron chi connectivity index (χ3n) is 3.27. The summed E-state index contributed by atoms with van der Waals surface area (Å²) in [4.78, 5) is 23.4. The van der Waals surface area contributed by atoms with Crippen LogP contribution in [0.2, 0.25) is 0 Å². The lowest BCUT2D eigenvalue weighted by atomic mass is 9.90. The number of hydrogen-bond donors (Lipinski definition) is 2. The van der Waals surface area contributed by atoms with Gasteiger partial charge in [-0.15, -0.1) is 0 Å². The lowest BCUT2D eigenvalue weighted by Crippen LogP contribution is -2.47. The standard InChI is InChI=1S/C15H28N2O3/c1-10(2)13(18)16-11-7-6-8-12(9-11)17-14(19)20-15(3,4)5/h10-12H,6-9H2,1-5H3,(H,16,18)(H,17,19)/t11-,12-/m1/s1. The Morgan fingerprint density at radius 3 is 2.15 bits per heavy atom. The molecule has 1 aliphatic rings. The summed E-state index contributed by atoms with van der Waals surface area (Å²) in [6, 6.07) is 0.231. The van der Waals surface area contributed by atoms with Crippen LogP contribution >= 0.6 is 0 Å². The van der Waals surface area contributed by atoms with E-state index in [2.05, 4.69) is 10.6 Å². The molecule has 0 saturated heterocycles. The number of carbonyl (C=O) groups is 2. The van der Waals surface area contributed by atoms with E-state index >= 15 is 0 Å². The number of hydrogen-bond acceptors (Lipinski definition) is 3. The van der Waals surface area contributed by atoms with E-state index < -0.39 is 5.60 Å². The highest BCUT2D eigenvalue weighted by molar-refractivity contribution is 5.78. The summed E-state index contributed by atoms with van der Waals surface area (Å²) < 4.78 is 5.26. The molecule has 0 bridgehead atoms. The molecule has 116 valence electrons. The number of alkyl carbamates (subject to hydrolysis) is 1. The Labute approximate surface area is 121 Å². The lowest BCUT2D eigenvalue weighted by molar-refractivity contribution is -0.124. The lowest BCUT2D eigenvalue weighted by Gasteiger charge is -2.31. The van der Waals surface area contributed by atoms with E-state index in [-0.39, 0.29) is 30.0 Å². The molecule has 0 aromatic rings. The van der Waals surface area contributed by atoms with Gasteiger partial charge in [-0.3, -0.25) is 4.79 Å².